The number of para-hydroxylation sites is 1. The Balaban J connectivity index is 1.67. The SMILES string of the molecule is c1ccc2c(c1)CC(c1nncn1C1CC1)N2. The maximum atomic E-state index is 4.29. The summed E-state index contributed by atoms with van der Waals surface area (Å²) in [5.74, 6) is 1.09. The lowest BCUT2D eigenvalue weighted by Crippen LogP contribution is -2.13. The average molecular weight is 226 g/mol. The minimum absolute atomic E-state index is 0.287. The van der Waals surface area contributed by atoms with Crippen LogP contribution in [0.5, 0.6) is 0 Å². The molecule has 2 aromatic rings. The Morgan fingerprint density at radius 1 is 1.24 bits per heavy atom. The molecule has 17 heavy (non-hydrogen) atoms. The van der Waals surface area contributed by atoms with Gasteiger partial charge in [0.15, 0.2) is 5.82 Å². The molecule has 1 saturated carbocycles. The Kier molecular flexibility index (Phi) is 1.80. The van der Waals surface area contributed by atoms with Gasteiger partial charge in [-0.05, 0) is 24.5 Å². The number of fused-ring (bicyclic) bond motifs is 1. The monoisotopic (exact) mass is 226 g/mol. The van der Waals surface area contributed by atoms with Crippen LogP contribution in [0.1, 0.15) is 36.3 Å². The molecular formula is C13H14N4. The summed E-state index contributed by atoms with van der Waals surface area (Å²) in [5.41, 5.74) is 2.62. The van der Waals surface area contributed by atoms with E-state index in [9.17, 15) is 0 Å². The second kappa shape index (κ2) is 3.32. The Morgan fingerprint density at radius 3 is 2.94 bits per heavy atom. The molecule has 1 N–H and O–H groups in total. The highest BCUT2D eigenvalue weighted by atomic mass is 15.3. The molecule has 1 atom stereocenters. The van der Waals surface area contributed by atoms with E-state index in [0.717, 1.165) is 12.2 Å². The normalized spacial score (nSPS) is 22.2. The van der Waals surface area contributed by atoms with Crippen molar-refractivity contribution in [2.24, 2.45) is 0 Å². The predicted molar refractivity (Wildman–Crippen MR) is 64.8 cm³/mol. The minimum atomic E-state index is 0.287. The number of anilines is 1. The summed E-state index contributed by atoms with van der Waals surface area (Å²) < 4.78 is 2.24. The molecule has 4 nitrogen and oxygen atoms in total. The lowest BCUT2D eigenvalue weighted by molar-refractivity contribution is 0.631. The fraction of sp³-hybridized carbons (Fsp3) is 0.385. The van der Waals surface area contributed by atoms with Crippen LogP contribution in [0, 0.1) is 0 Å². The quantitative estimate of drug-likeness (QED) is 0.854. The van der Waals surface area contributed by atoms with E-state index < -0.39 is 0 Å². The first kappa shape index (κ1) is 9.22. The largest absolute Gasteiger partial charge is 0.375 e. The van der Waals surface area contributed by atoms with Crippen molar-refractivity contribution in [3.8, 4) is 0 Å². The van der Waals surface area contributed by atoms with Crippen LogP contribution in [-0.4, -0.2) is 14.8 Å². The first-order valence-corrected chi connectivity index (χ1v) is 6.15. The van der Waals surface area contributed by atoms with Crippen LogP contribution in [0.15, 0.2) is 30.6 Å². The lowest BCUT2D eigenvalue weighted by Gasteiger charge is -2.12. The fourth-order valence-corrected chi connectivity index (χ4v) is 2.59. The molecule has 0 radical (unpaired) electrons. The molecule has 0 amide bonds. The number of hydrogen-bond acceptors (Lipinski definition) is 3. The Hall–Kier alpha value is -1.84. The van der Waals surface area contributed by atoms with Crippen LogP contribution in [0.3, 0.4) is 0 Å². The summed E-state index contributed by atoms with van der Waals surface area (Å²) >= 11 is 0. The number of benzene rings is 1. The van der Waals surface area contributed by atoms with Crippen LogP contribution in [0.4, 0.5) is 5.69 Å². The lowest BCUT2D eigenvalue weighted by atomic mass is 10.1. The van der Waals surface area contributed by atoms with Gasteiger partial charge < -0.3 is 9.88 Å². The van der Waals surface area contributed by atoms with Crippen molar-refractivity contribution >= 4 is 5.69 Å². The van der Waals surface area contributed by atoms with Crippen molar-refractivity contribution in [2.45, 2.75) is 31.3 Å². The Labute approximate surface area is 99.7 Å². The van der Waals surface area contributed by atoms with Crippen molar-refractivity contribution in [3.63, 3.8) is 0 Å². The van der Waals surface area contributed by atoms with Gasteiger partial charge in [-0.1, -0.05) is 18.2 Å². The van der Waals surface area contributed by atoms with Crippen LogP contribution >= 0.6 is 0 Å². The van der Waals surface area contributed by atoms with Crippen molar-refractivity contribution in [1.29, 1.82) is 0 Å². The first-order chi connectivity index (χ1) is 8.42. The van der Waals surface area contributed by atoms with Gasteiger partial charge in [-0.25, -0.2) is 0 Å². The number of hydrogen-bond donors (Lipinski definition) is 1. The van der Waals surface area contributed by atoms with Crippen molar-refractivity contribution < 1.29 is 0 Å². The van der Waals surface area contributed by atoms with E-state index in [1.54, 1.807) is 0 Å². The zero-order chi connectivity index (χ0) is 11.2. The van der Waals surface area contributed by atoms with E-state index >= 15 is 0 Å². The first-order valence-electron chi connectivity index (χ1n) is 6.15. The van der Waals surface area contributed by atoms with E-state index in [1.165, 1.54) is 24.1 Å². The minimum Gasteiger partial charge on any atom is -0.375 e. The molecule has 86 valence electrons. The molecule has 1 aromatic heterocycles. The highest BCUT2D eigenvalue weighted by molar-refractivity contribution is 5.57. The van der Waals surface area contributed by atoms with Crippen LogP contribution < -0.4 is 5.32 Å². The predicted octanol–water partition coefficient (Wildman–Crippen LogP) is 2.32. The van der Waals surface area contributed by atoms with E-state index in [4.69, 9.17) is 0 Å². The summed E-state index contributed by atoms with van der Waals surface area (Å²) in [6.45, 7) is 0. The van der Waals surface area contributed by atoms with Gasteiger partial charge in [0, 0.05) is 18.2 Å². The third-order valence-electron chi connectivity index (χ3n) is 3.62. The molecule has 1 unspecified atom stereocenters. The van der Waals surface area contributed by atoms with Crippen molar-refractivity contribution in [2.75, 3.05) is 5.32 Å². The van der Waals surface area contributed by atoms with E-state index in [-0.39, 0.29) is 6.04 Å². The molecule has 1 aliphatic carbocycles. The Bertz CT molecular complexity index is 531. The molecule has 4 rings (SSSR count). The molecule has 2 aliphatic rings. The maximum Gasteiger partial charge on any atom is 0.155 e. The third kappa shape index (κ3) is 1.44. The number of nitrogens with one attached hydrogen (secondary N) is 1. The summed E-state index contributed by atoms with van der Waals surface area (Å²) in [6.07, 6.45) is 5.43. The van der Waals surface area contributed by atoms with Crippen LogP contribution in [-0.2, 0) is 6.42 Å². The molecule has 0 bridgehead atoms. The fourth-order valence-electron chi connectivity index (χ4n) is 2.59. The van der Waals surface area contributed by atoms with Gasteiger partial charge in [0.25, 0.3) is 0 Å². The number of rotatable bonds is 2. The van der Waals surface area contributed by atoms with E-state index in [1.807, 2.05) is 6.33 Å². The van der Waals surface area contributed by atoms with E-state index in [2.05, 4.69) is 44.3 Å². The highest BCUT2D eigenvalue weighted by Gasteiger charge is 2.31. The van der Waals surface area contributed by atoms with Gasteiger partial charge in [-0.3, -0.25) is 0 Å². The second-order valence-electron chi connectivity index (χ2n) is 4.89. The molecule has 0 saturated heterocycles. The molecule has 1 fully saturated rings. The van der Waals surface area contributed by atoms with Gasteiger partial charge in [-0.15, -0.1) is 10.2 Å². The van der Waals surface area contributed by atoms with Crippen molar-refractivity contribution in [3.05, 3.63) is 42.0 Å². The van der Waals surface area contributed by atoms with Crippen LogP contribution in [0.25, 0.3) is 0 Å². The molecule has 2 heterocycles. The average Bonchev–Trinajstić information content (AvgIpc) is 2.94. The maximum absolute atomic E-state index is 4.29. The van der Waals surface area contributed by atoms with Gasteiger partial charge in [0.1, 0.15) is 6.33 Å². The summed E-state index contributed by atoms with van der Waals surface area (Å²) in [4.78, 5) is 0. The molecular weight excluding hydrogens is 212 g/mol. The van der Waals surface area contributed by atoms with Gasteiger partial charge >= 0.3 is 0 Å². The number of nitrogens with zero attached hydrogens (tertiary/aromatic N) is 3. The number of aromatic nitrogens is 3. The topological polar surface area (TPSA) is 42.7 Å². The van der Waals surface area contributed by atoms with Crippen LogP contribution in [0.2, 0.25) is 0 Å². The van der Waals surface area contributed by atoms with E-state index in [0.29, 0.717) is 6.04 Å². The Morgan fingerprint density at radius 2 is 2.12 bits per heavy atom. The standard InChI is InChI=1S/C13H14N4/c1-2-4-11-9(3-1)7-12(15-11)13-16-14-8-17(13)10-5-6-10/h1-4,8,10,12,15H,5-7H2. The summed E-state index contributed by atoms with van der Waals surface area (Å²) in [7, 11) is 0. The molecule has 0 spiro atoms. The van der Waals surface area contributed by atoms with Gasteiger partial charge in [0.05, 0.1) is 6.04 Å². The highest BCUT2D eigenvalue weighted by Crippen LogP contribution is 2.39. The third-order valence-corrected chi connectivity index (χ3v) is 3.62. The zero-order valence-electron chi connectivity index (χ0n) is 9.50. The van der Waals surface area contributed by atoms with Gasteiger partial charge in [-0.2, -0.15) is 0 Å². The summed E-state index contributed by atoms with van der Waals surface area (Å²) in [6, 6.07) is 9.41. The summed E-state index contributed by atoms with van der Waals surface area (Å²) in [5, 5.41) is 11.9. The smallest absolute Gasteiger partial charge is 0.155 e. The molecule has 1 aliphatic heterocycles. The van der Waals surface area contributed by atoms with Gasteiger partial charge in [0.2, 0.25) is 0 Å². The molecule has 1 aromatic carbocycles. The van der Waals surface area contributed by atoms with Crippen molar-refractivity contribution in [1.82, 2.24) is 14.8 Å². The molecule has 4 heteroatoms. The second-order valence-corrected chi connectivity index (χ2v) is 4.89. The zero-order valence-corrected chi connectivity index (χ0v) is 9.50.